The summed E-state index contributed by atoms with van der Waals surface area (Å²) < 4.78 is 27.7. The molecule has 0 radical (unpaired) electrons. The van der Waals surface area contributed by atoms with Gasteiger partial charge in [-0.05, 0) is 68.8 Å². The number of carbonyl (C=O) groups is 1. The van der Waals surface area contributed by atoms with Crippen molar-refractivity contribution in [2.75, 3.05) is 31.5 Å². The van der Waals surface area contributed by atoms with Gasteiger partial charge in [-0.25, -0.2) is 8.42 Å². The number of nitrogens with one attached hydrogen (secondary N) is 2. The SMILES string of the molecule is CC(=O)Nc1cccc(S(=O)(=O)N2CCCC3(CCNCC3)CC2)c1. The summed E-state index contributed by atoms with van der Waals surface area (Å²) in [5.41, 5.74) is 0.811. The summed E-state index contributed by atoms with van der Waals surface area (Å²) in [6, 6.07) is 6.52. The summed E-state index contributed by atoms with van der Waals surface area (Å²) in [6.45, 7) is 4.63. The van der Waals surface area contributed by atoms with Gasteiger partial charge in [0.25, 0.3) is 0 Å². The minimum Gasteiger partial charge on any atom is -0.326 e. The van der Waals surface area contributed by atoms with E-state index in [0.717, 1.165) is 45.2 Å². The van der Waals surface area contributed by atoms with Crippen LogP contribution in [0.1, 0.15) is 39.0 Å². The topological polar surface area (TPSA) is 78.5 Å². The molecule has 0 aliphatic carbocycles. The van der Waals surface area contributed by atoms with E-state index < -0.39 is 10.0 Å². The molecular formula is C18H27N3O3S. The second-order valence-electron chi connectivity index (χ2n) is 7.22. The lowest BCUT2D eigenvalue weighted by atomic mass is 9.73. The monoisotopic (exact) mass is 365 g/mol. The number of anilines is 1. The summed E-state index contributed by atoms with van der Waals surface area (Å²) in [4.78, 5) is 11.5. The minimum atomic E-state index is -3.53. The van der Waals surface area contributed by atoms with Crippen LogP contribution in [0.25, 0.3) is 0 Å². The van der Waals surface area contributed by atoms with Gasteiger partial charge in [-0.1, -0.05) is 6.07 Å². The number of nitrogens with zero attached hydrogens (tertiary/aromatic N) is 1. The Hall–Kier alpha value is -1.44. The molecule has 2 N–H and O–H groups in total. The zero-order chi connectivity index (χ0) is 17.9. The maximum absolute atomic E-state index is 13.1. The van der Waals surface area contributed by atoms with Gasteiger partial charge in [0.05, 0.1) is 4.90 Å². The van der Waals surface area contributed by atoms with Crippen LogP contribution in [0.3, 0.4) is 0 Å². The Kier molecular flexibility index (Phi) is 5.46. The first-order valence-corrected chi connectivity index (χ1v) is 10.4. The molecule has 1 aromatic carbocycles. The molecule has 0 unspecified atom stereocenters. The minimum absolute atomic E-state index is 0.211. The van der Waals surface area contributed by atoms with Gasteiger partial charge in [-0.15, -0.1) is 0 Å². The first-order chi connectivity index (χ1) is 11.9. The lowest BCUT2D eigenvalue weighted by molar-refractivity contribution is -0.114. The molecule has 1 aromatic rings. The van der Waals surface area contributed by atoms with Crippen LogP contribution < -0.4 is 10.6 Å². The zero-order valence-corrected chi connectivity index (χ0v) is 15.6. The summed E-state index contributed by atoms with van der Waals surface area (Å²) >= 11 is 0. The average Bonchev–Trinajstić information content (AvgIpc) is 2.78. The van der Waals surface area contributed by atoms with Crippen molar-refractivity contribution in [1.82, 2.24) is 9.62 Å². The second-order valence-corrected chi connectivity index (χ2v) is 9.15. The van der Waals surface area contributed by atoms with Crippen molar-refractivity contribution < 1.29 is 13.2 Å². The van der Waals surface area contributed by atoms with Gasteiger partial charge >= 0.3 is 0 Å². The highest BCUT2D eigenvalue weighted by atomic mass is 32.2. The van der Waals surface area contributed by atoms with E-state index in [1.54, 1.807) is 28.6 Å². The third-order valence-electron chi connectivity index (χ3n) is 5.46. The molecule has 2 heterocycles. The lowest BCUT2D eigenvalue weighted by Gasteiger charge is -2.37. The number of rotatable bonds is 3. The average molecular weight is 365 g/mol. The molecule has 0 aromatic heterocycles. The molecule has 138 valence electrons. The third kappa shape index (κ3) is 4.22. The number of sulfonamides is 1. The highest BCUT2D eigenvalue weighted by Gasteiger charge is 2.36. The van der Waals surface area contributed by atoms with Gasteiger partial charge in [0.15, 0.2) is 0 Å². The van der Waals surface area contributed by atoms with E-state index in [2.05, 4.69) is 10.6 Å². The van der Waals surface area contributed by atoms with E-state index in [-0.39, 0.29) is 10.8 Å². The quantitative estimate of drug-likeness (QED) is 0.861. The van der Waals surface area contributed by atoms with Crippen LogP contribution in [0.5, 0.6) is 0 Å². The summed E-state index contributed by atoms with van der Waals surface area (Å²) in [5.74, 6) is -0.211. The maximum Gasteiger partial charge on any atom is 0.243 e. The first kappa shape index (κ1) is 18.4. The zero-order valence-electron chi connectivity index (χ0n) is 14.8. The van der Waals surface area contributed by atoms with Crippen LogP contribution >= 0.6 is 0 Å². The Morgan fingerprint density at radius 3 is 2.64 bits per heavy atom. The third-order valence-corrected chi connectivity index (χ3v) is 7.36. The molecule has 0 atom stereocenters. The van der Waals surface area contributed by atoms with Crippen LogP contribution in [0.4, 0.5) is 5.69 Å². The summed E-state index contributed by atoms with van der Waals surface area (Å²) in [6.07, 6.45) is 5.22. The molecule has 2 fully saturated rings. The van der Waals surface area contributed by atoms with Crippen LogP contribution in [0, 0.1) is 5.41 Å². The van der Waals surface area contributed by atoms with Gasteiger partial charge in [-0.3, -0.25) is 4.79 Å². The highest BCUT2D eigenvalue weighted by Crippen LogP contribution is 2.40. The van der Waals surface area contributed by atoms with Crippen LogP contribution in [0.15, 0.2) is 29.2 Å². The van der Waals surface area contributed by atoms with E-state index in [4.69, 9.17) is 0 Å². The number of carbonyl (C=O) groups excluding carboxylic acids is 1. The van der Waals surface area contributed by atoms with Crippen molar-refractivity contribution in [3.05, 3.63) is 24.3 Å². The fourth-order valence-electron chi connectivity index (χ4n) is 4.01. The van der Waals surface area contributed by atoms with Crippen molar-refractivity contribution in [1.29, 1.82) is 0 Å². The Labute approximate surface area is 150 Å². The van der Waals surface area contributed by atoms with E-state index in [1.807, 2.05) is 0 Å². The van der Waals surface area contributed by atoms with Gasteiger partial charge in [0.1, 0.15) is 0 Å². The number of hydrogen-bond donors (Lipinski definition) is 2. The van der Waals surface area contributed by atoms with E-state index in [1.165, 1.54) is 6.92 Å². The molecule has 25 heavy (non-hydrogen) atoms. The van der Waals surface area contributed by atoms with Gasteiger partial charge < -0.3 is 10.6 Å². The highest BCUT2D eigenvalue weighted by molar-refractivity contribution is 7.89. The smallest absolute Gasteiger partial charge is 0.243 e. The van der Waals surface area contributed by atoms with Crippen LogP contribution in [0.2, 0.25) is 0 Å². The molecule has 6 nitrogen and oxygen atoms in total. The molecule has 7 heteroatoms. The maximum atomic E-state index is 13.1. The van der Waals surface area contributed by atoms with Gasteiger partial charge in [0.2, 0.25) is 15.9 Å². The Bertz CT molecular complexity index is 727. The fraction of sp³-hybridized carbons (Fsp3) is 0.611. The molecule has 1 amide bonds. The molecule has 1 spiro atoms. The number of amides is 1. The standard InChI is InChI=1S/C18H27N3O3S/c1-15(22)20-16-4-2-5-17(14-16)25(23,24)21-12-3-6-18(9-13-21)7-10-19-11-8-18/h2,4-5,14,19H,3,6-13H2,1H3,(H,20,22). The molecule has 0 bridgehead atoms. The largest absolute Gasteiger partial charge is 0.326 e. The van der Waals surface area contributed by atoms with E-state index in [9.17, 15) is 13.2 Å². The summed E-state index contributed by atoms with van der Waals surface area (Å²) in [5, 5.41) is 6.05. The van der Waals surface area contributed by atoms with Crippen LogP contribution in [-0.4, -0.2) is 44.8 Å². The van der Waals surface area contributed by atoms with Crippen molar-refractivity contribution in [3.63, 3.8) is 0 Å². The normalized spacial score (nSPS) is 21.6. The second kappa shape index (κ2) is 7.43. The molecule has 3 rings (SSSR count). The predicted molar refractivity (Wildman–Crippen MR) is 97.9 cm³/mol. The molecule has 2 aliphatic rings. The van der Waals surface area contributed by atoms with Crippen LogP contribution in [-0.2, 0) is 14.8 Å². The fourth-order valence-corrected chi connectivity index (χ4v) is 5.54. The van der Waals surface area contributed by atoms with Gasteiger partial charge in [0, 0.05) is 25.7 Å². The van der Waals surface area contributed by atoms with E-state index >= 15 is 0 Å². The van der Waals surface area contributed by atoms with Crippen molar-refractivity contribution in [2.45, 2.75) is 43.9 Å². The van der Waals surface area contributed by atoms with Crippen molar-refractivity contribution in [2.24, 2.45) is 5.41 Å². The van der Waals surface area contributed by atoms with Crippen molar-refractivity contribution in [3.8, 4) is 0 Å². The Morgan fingerprint density at radius 2 is 1.92 bits per heavy atom. The first-order valence-electron chi connectivity index (χ1n) is 9.00. The number of piperidine rings is 1. The molecule has 0 saturated carbocycles. The molecule has 2 aliphatic heterocycles. The van der Waals surface area contributed by atoms with Gasteiger partial charge in [-0.2, -0.15) is 4.31 Å². The molecule has 2 saturated heterocycles. The lowest BCUT2D eigenvalue weighted by Crippen LogP contribution is -2.38. The number of benzene rings is 1. The number of hydrogen-bond acceptors (Lipinski definition) is 4. The predicted octanol–water partition coefficient (Wildman–Crippen LogP) is 2.19. The van der Waals surface area contributed by atoms with Crippen molar-refractivity contribution >= 4 is 21.6 Å². The Balaban J connectivity index is 1.77. The summed E-state index contributed by atoms with van der Waals surface area (Å²) in [7, 11) is -3.53. The van der Waals surface area contributed by atoms with E-state index in [0.29, 0.717) is 24.2 Å². The Morgan fingerprint density at radius 1 is 1.16 bits per heavy atom. The molecular weight excluding hydrogens is 338 g/mol.